The highest BCUT2D eigenvalue weighted by atomic mass is 19.1. The van der Waals surface area contributed by atoms with Crippen LogP contribution in [-0.4, -0.2) is 30.7 Å². The van der Waals surface area contributed by atoms with Crippen LogP contribution >= 0.6 is 0 Å². The van der Waals surface area contributed by atoms with Crippen LogP contribution in [0.25, 0.3) is 0 Å². The average Bonchev–Trinajstić information content (AvgIpc) is 2.47. The van der Waals surface area contributed by atoms with E-state index in [1.807, 2.05) is 6.07 Å². The molecule has 1 unspecified atom stereocenters. The fourth-order valence-electron chi connectivity index (χ4n) is 2.59. The van der Waals surface area contributed by atoms with Gasteiger partial charge in [0, 0.05) is 19.7 Å². The number of rotatable bonds is 5. The summed E-state index contributed by atoms with van der Waals surface area (Å²) in [5, 5.41) is 8.86. The van der Waals surface area contributed by atoms with Gasteiger partial charge in [0.1, 0.15) is 11.9 Å². The van der Waals surface area contributed by atoms with Crippen molar-refractivity contribution in [2.75, 3.05) is 19.7 Å². The molecule has 1 atom stereocenters. The van der Waals surface area contributed by atoms with Crippen LogP contribution in [0.4, 0.5) is 4.39 Å². The van der Waals surface area contributed by atoms with Crippen molar-refractivity contribution in [1.29, 1.82) is 5.26 Å². The first-order valence-corrected chi connectivity index (χ1v) is 7.25. The van der Waals surface area contributed by atoms with Gasteiger partial charge in [-0.25, -0.2) is 4.39 Å². The van der Waals surface area contributed by atoms with Gasteiger partial charge in [-0.1, -0.05) is 13.0 Å². The molecule has 0 aliphatic carbocycles. The van der Waals surface area contributed by atoms with E-state index < -0.39 is 5.82 Å². The Kier molecular flexibility index (Phi) is 5.51. The van der Waals surface area contributed by atoms with Gasteiger partial charge in [0.05, 0.1) is 11.7 Å². The Morgan fingerprint density at radius 1 is 1.50 bits per heavy atom. The number of nitrogens with zero attached hydrogens (tertiary/aromatic N) is 2. The number of hydrogen-bond acceptors (Lipinski definition) is 3. The maximum atomic E-state index is 13.3. The Labute approximate surface area is 120 Å². The van der Waals surface area contributed by atoms with Crippen LogP contribution < -0.4 is 0 Å². The van der Waals surface area contributed by atoms with Crippen LogP contribution in [0.1, 0.15) is 37.3 Å². The largest absolute Gasteiger partial charge is 0.377 e. The Balaban J connectivity index is 1.94. The molecule has 0 bridgehead atoms. The van der Waals surface area contributed by atoms with E-state index in [0.717, 1.165) is 51.1 Å². The normalized spacial score (nSPS) is 19.8. The number of benzene rings is 1. The SMILES string of the molecule is CCCOC1CCCN(Cc2ccc(F)c(C#N)c2)C1. The van der Waals surface area contributed by atoms with E-state index in [1.165, 1.54) is 6.07 Å². The molecule has 0 N–H and O–H groups in total. The minimum atomic E-state index is -0.445. The zero-order valence-corrected chi connectivity index (χ0v) is 11.9. The summed E-state index contributed by atoms with van der Waals surface area (Å²) >= 11 is 0. The summed E-state index contributed by atoms with van der Waals surface area (Å²) in [5.41, 5.74) is 1.11. The molecule has 3 nitrogen and oxygen atoms in total. The molecule has 1 heterocycles. The van der Waals surface area contributed by atoms with Crippen molar-refractivity contribution in [2.24, 2.45) is 0 Å². The summed E-state index contributed by atoms with van der Waals surface area (Å²) in [6, 6.07) is 6.67. The van der Waals surface area contributed by atoms with Gasteiger partial charge in [0.2, 0.25) is 0 Å². The minimum Gasteiger partial charge on any atom is -0.377 e. The van der Waals surface area contributed by atoms with E-state index in [1.54, 1.807) is 12.1 Å². The average molecular weight is 276 g/mol. The van der Waals surface area contributed by atoms with Crippen molar-refractivity contribution in [3.8, 4) is 6.07 Å². The third-order valence-electron chi connectivity index (χ3n) is 3.58. The molecule has 0 spiro atoms. The van der Waals surface area contributed by atoms with Gasteiger partial charge in [-0.2, -0.15) is 5.26 Å². The van der Waals surface area contributed by atoms with Gasteiger partial charge in [-0.05, 0) is 43.5 Å². The zero-order valence-electron chi connectivity index (χ0n) is 11.9. The zero-order chi connectivity index (χ0) is 14.4. The summed E-state index contributed by atoms with van der Waals surface area (Å²) in [7, 11) is 0. The van der Waals surface area contributed by atoms with Gasteiger partial charge in [-0.3, -0.25) is 4.90 Å². The quantitative estimate of drug-likeness (QED) is 0.829. The summed E-state index contributed by atoms with van der Waals surface area (Å²) < 4.78 is 19.1. The molecule has 1 saturated heterocycles. The van der Waals surface area contributed by atoms with Crippen molar-refractivity contribution < 1.29 is 9.13 Å². The highest BCUT2D eigenvalue weighted by Crippen LogP contribution is 2.17. The van der Waals surface area contributed by atoms with Gasteiger partial charge < -0.3 is 4.74 Å². The summed E-state index contributed by atoms with van der Waals surface area (Å²) in [4.78, 5) is 2.32. The second-order valence-electron chi connectivity index (χ2n) is 5.30. The third-order valence-corrected chi connectivity index (χ3v) is 3.58. The first-order valence-electron chi connectivity index (χ1n) is 7.25. The standard InChI is InChI=1S/C16H21FN2O/c1-2-8-20-15-4-3-7-19(12-15)11-13-5-6-16(17)14(9-13)10-18/h5-6,9,15H,2-4,7-8,11-12H2,1H3. The number of hydrogen-bond donors (Lipinski definition) is 0. The summed E-state index contributed by atoms with van der Waals surface area (Å²) in [5.74, 6) is -0.445. The van der Waals surface area contributed by atoms with Crippen molar-refractivity contribution in [1.82, 2.24) is 4.90 Å². The monoisotopic (exact) mass is 276 g/mol. The van der Waals surface area contributed by atoms with E-state index >= 15 is 0 Å². The molecule has 1 aromatic carbocycles. The molecular weight excluding hydrogens is 255 g/mol. The summed E-state index contributed by atoms with van der Waals surface area (Å²) in [6.07, 6.45) is 3.59. The molecule has 0 radical (unpaired) electrons. The van der Waals surface area contributed by atoms with Crippen molar-refractivity contribution in [3.05, 3.63) is 35.1 Å². The van der Waals surface area contributed by atoms with Crippen LogP contribution in [0.3, 0.4) is 0 Å². The molecule has 4 heteroatoms. The van der Waals surface area contributed by atoms with Crippen molar-refractivity contribution >= 4 is 0 Å². The lowest BCUT2D eigenvalue weighted by Crippen LogP contribution is -2.39. The molecular formula is C16H21FN2O. The van der Waals surface area contributed by atoms with Crippen LogP contribution in [0.15, 0.2) is 18.2 Å². The molecule has 0 aromatic heterocycles. The van der Waals surface area contributed by atoms with Crippen molar-refractivity contribution in [3.63, 3.8) is 0 Å². The van der Waals surface area contributed by atoms with Crippen molar-refractivity contribution in [2.45, 2.75) is 38.8 Å². The summed E-state index contributed by atoms with van der Waals surface area (Å²) in [6.45, 7) is 5.63. The lowest BCUT2D eigenvalue weighted by atomic mass is 10.1. The van der Waals surface area contributed by atoms with E-state index in [0.29, 0.717) is 6.10 Å². The van der Waals surface area contributed by atoms with E-state index in [9.17, 15) is 4.39 Å². The molecule has 1 aliphatic heterocycles. The molecule has 1 aromatic rings. The van der Waals surface area contributed by atoms with E-state index in [2.05, 4.69) is 11.8 Å². The highest BCUT2D eigenvalue weighted by molar-refractivity contribution is 5.34. The molecule has 1 fully saturated rings. The second-order valence-corrected chi connectivity index (χ2v) is 5.30. The van der Waals surface area contributed by atoms with E-state index in [-0.39, 0.29) is 5.56 Å². The Morgan fingerprint density at radius 2 is 2.35 bits per heavy atom. The predicted molar refractivity (Wildman–Crippen MR) is 75.7 cm³/mol. The van der Waals surface area contributed by atoms with E-state index in [4.69, 9.17) is 10.00 Å². The molecule has 108 valence electrons. The molecule has 20 heavy (non-hydrogen) atoms. The van der Waals surface area contributed by atoms with Crippen LogP contribution in [0, 0.1) is 17.1 Å². The lowest BCUT2D eigenvalue weighted by molar-refractivity contribution is -0.00223. The first-order chi connectivity index (χ1) is 9.72. The highest BCUT2D eigenvalue weighted by Gasteiger charge is 2.20. The Bertz CT molecular complexity index is 484. The molecule has 2 rings (SSSR count). The molecule has 1 aliphatic rings. The number of nitriles is 1. The topological polar surface area (TPSA) is 36.3 Å². The number of piperidine rings is 1. The number of ether oxygens (including phenoxy) is 1. The number of likely N-dealkylation sites (tertiary alicyclic amines) is 1. The van der Waals surface area contributed by atoms with Gasteiger partial charge in [-0.15, -0.1) is 0 Å². The van der Waals surface area contributed by atoms with Gasteiger partial charge >= 0.3 is 0 Å². The van der Waals surface area contributed by atoms with Gasteiger partial charge in [0.15, 0.2) is 0 Å². The van der Waals surface area contributed by atoms with Crippen LogP contribution in [0.5, 0.6) is 0 Å². The van der Waals surface area contributed by atoms with Crippen LogP contribution in [0.2, 0.25) is 0 Å². The maximum Gasteiger partial charge on any atom is 0.140 e. The number of halogens is 1. The fraction of sp³-hybridized carbons (Fsp3) is 0.562. The third kappa shape index (κ3) is 4.03. The molecule has 0 saturated carbocycles. The lowest BCUT2D eigenvalue weighted by Gasteiger charge is -2.32. The fourth-order valence-corrected chi connectivity index (χ4v) is 2.59. The minimum absolute atomic E-state index is 0.123. The van der Waals surface area contributed by atoms with Crippen LogP contribution in [-0.2, 0) is 11.3 Å². The Hall–Kier alpha value is -1.44. The first kappa shape index (κ1) is 15.0. The smallest absolute Gasteiger partial charge is 0.140 e. The Morgan fingerprint density at radius 3 is 3.10 bits per heavy atom. The second kappa shape index (κ2) is 7.37. The van der Waals surface area contributed by atoms with Gasteiger partial charge in [0.25, 0.3) is 0 Å². The predicted octanol–water partition coefficient (Wildman–Crippen LogP) is 3.09. The molecule has 0 amide bonds. The maximum absolute atomic E-state index is 13.3.